The second-order valence-corrected chi connectivity index (χ2v) is 7.27. The van der Waals surface area contributed by atoms with Crippen LogP contribution in [-0.2, 0) is 20.8 Å². The lowest BCUT2D eigenvalue weighted by Gasteiger charge is -2.33. The standard InChI is InChI=1S/C24H23N3O3/c28-22(25-14-13-18-7-2-1-3-8-18)17-26-15-16-27(24(30)23(26)29)21-12-6-10-19-9-4-5-11-20(19)21/h1-12H,13-17H2,(H,25,28). The Labute approximate surface area is 175 Å². The number of hydrogen-bond acceptors (Lipinski definition) is 3. The van der Waals surface area contributed by atoms with Gasteiger partial charge in [0, 0.05) is 25.0 Å². The Morgan fingerprint density at radius 2 is 1.57 bits per heavy atom. The monoisotopic (exact) mass is 401 g/mol. The van der Waals surface area contributed by atoms with Gasteiger partial charge in [-0.2, -0.15) is 0 Å². The smallest absolute Gasteiger partial charge is 0.316 e. The molecule has 0 saturated carbocycles. The molecule has 3 aromatic rings. The summed E-state index contributed by atoms with van der Waals surface area (Å²) in [6, 6.07) is 23.3. The molecule has 0 aliphatic carbocycles. The predicted molar refractivity (Wildman–Crippen MR) is 116 cm³/mol. The number of amides is 3. The maximum absolute atomic E-state index is 12.8. The molecule has 1 aliphatic rings. The second kappa shape index (κ2) is 8.78. The largest absolute Gasteiger partial charge is 0.354 e. The zero-order valence-corrected chi connectivity index (χ0v) is 16.6. The van der Waals surface area contributed by atoms with Crippen LogP contribution >= 0.6 is 0 Å². The highest BCUT2D eigenvalue weighted by molar-refractivity contribution is 6.41. The number of rotatable bonds is 6. The van der Waals surface area contributed by atoms with E-state index in [2.05, 4.69) is 5.32 Å². The lowest BCUT2D eigenvalue weighted by atomic mass is 10.1. The van der Waals surface area contributed by atoms with Gasteiger partial charge < -0.3 is 15.1 Å². The molecule has 6 nitrogen and oxygen atoms in total. The number of hydrogen-bond donors (Lipinski definition) is 1. The van der Waals surface area contributed by atoms with E-state index in [1.54, 1.807) is 0 Å². The van der Waals surface area contributed by atoms with E-state index in [9.17, 15) is 14.4 Å². The number of nitrogens with one attached hydrogen (secondary N) is 1. The van der Waals surface area contributed by atoms with Crippen LogP contribution < -0.4 is 10.2 Å². The highest BCUT2D eigenvalue weighted by Gasteiger charge is 2.34. The Hall–Kier alpha value is -3.67. The van der Waals surface area contributed by atoms with Crippen LogP contribution in [0, 0.1) is 0 Å². The van der Waals surface area contributed by atoms with Crippen LogP contribution in [0.25, 0.3) is 10.8 Å². The molecule has 1 aliphatic heterocycles. The third kappa shape index (κ3) is 4.17. The van der Waals surface area contributed by atoms with E-state index >= 15 is 0 Å². The van der Waals surface area contributed by atoms with Crippen LogP contribution in [-0.4, -0.2) is 48.8 Å². The lowest BCUT2D eigenvalue weighted by Crippen LogP contribution is -2.56. The quantitative estimate of drug-likeness (QED) is 0.645. The Balaban J connectivity index is 1.36. The summed E-state index contributed by atoms with van der Waals surface area (Å²) in [6.07, 6.45) is 0.717. The normalized spacial score (nSPS) is 14.3. The first kappa shape index (κ1) is 19.6. The highest BCUT2D eigenvalue weighted by atomic mass is 16.2. The molecular formula is C24H23N3O3. The molecule has 0 bridgehead atoms. The van der Waals surface area contributed by atoms with E-state index in [1.807, 2.05) is 72.8 Å². The zero-order chi connectivity index (χ0) is 20.9. The number of fused-ring (bicyclic) bond motifs is 1. The van der Waals surface area contributed by atoms with Crippen LogP contribution in [0.1, 0.15) is 5.56 Å². The molecule has 3 amide bonds. The fraction of sp³-hybridized carbons (Fsp3) is 0.208. The number of carbonyl (C=O) groups excluding carboxylic acids is 3. The molecule has 1 fully saturated rings. The average molecular weight is 401 g/mol. The van der Waals surface area contributed by atoms with Crippen LogP contribution in [0.4, 0.5) is 5.69 Å². The number of carbonyl (C=O) groups is 3. The van der Waals surface area contributed by atoms with Gasteiger partial charge in [-0.25, -0.2) is 0 Å². The van der Waals surface area contributed by atoms with Gasteiger partial charge in [-0.3, -0.25) is 14.4 Å². The van der Waals surface area contributed by atoms with Crippen molar-refractivity contribution in [3.05, 3.63) is 78.4 Å². The number of benzene rings is 3. The summed E-state index contributed by atoms with van der Waals surface area (Å²) in [7, 11) is 0. The first-order valence-electron chi connectivity index (χ1n) is 10.0. The van der Waals surface area contributed by atoms with Crippen molar-refractivity contribution in [1.29, 1.82) is 0 Å². The molecule has 30 heavy (non-hydrogen) atoms. The molecular weight excluding hydrogens is 378 g/mol. The minimum Gasteiger partial charge on any atom is -0.354 e. The minimum atomic E-state index is -0.646. The predicted octanol–water partition coefficient (Wildman–Crippen LogP) is 2.37. The molecule has 1 saturated heterocycles. The van der Waals surface area contributed by atoms with Gasteiger partial charge in [0.25, 0.3) is 0 Å². The van der Waals surface area contributed by atoms with E-state index in [-0.39, 0.29) is 12.5 Å². The molecule has 0 radical (unpaired) electrons. The maximum Gasteiger partial charge on any atom is 0.316 e. The van der Waals surface area contributed by atoms with E-state index in [4.69, 9.17) is 0 Å². The van der Waals surface area contributed by atoms with Crippen molar-refractivity contribution in [2.45, 2.75) is 6.42 Å². The summed E-state index contributed by atoms with van der Waals surface area (Å²) in [5, 5.41) is 4.76. The van der Waals surface area contributed by atoms with E-state index in [0.717, 1.165) is 22.0 Å². The summed E-state index contributed by atoms with van der Waals surface area (Å²) in [5.74, 6) is -1.51. The van der Waals surface area contributed by atoms with Gasteiger partial charge in [0.05, 0.1) is 5.69 Å². The first-order chi connectivity index (χ1) is 14.6. The molecule has 1 heterocycles. The third-order valence-corrected chi connectivity index (χ3v) is 5.28. The van der Waals surface area contributed by atoms with E-state index in [0.29, 0.717) is 26.1 Å². The van der Waals surface area contributed by atoms with Crippen molar-refractivity contribution in [3.63, 3.8) is 0 Å². The molecule has 0 atom stereocenters. The zero-order valence-electron chi connectivity index (χ0n) is 16.6. The molecule has 0 spiro atoms. The van der Waals surface area contributed by atoms with Gasteiger partial charge in [0.2, 0.25) is 5.91 Å². The van der Waals surface area contributed by atoms with Gasteiger partial charge >= 0.3 is 11.8 Å². The van der Waals surface area contributed by atoms with Crippen LogP contribution in [0.3, 0.4) is 0 Å². The van der Waals surface area contributed by atoms with Gasteiger partial charge in [-0.1, -0.05) is 66.7 Å². The Morgan fingerprint density at radius 3 is 2.40 bits per heavy atom. The summed E-state index contributed by atoms with van der Waals surface area (Å²) in [6.45, 7) is 1.06. The van der Waals surface area contributed by atoms with Crippen molar-refractivity contribution in [2.75, 3.05) is 31.1 Å². The average Bonchev–Trinajstić information content (AvgIpc) is 2.78. The van der Waals surface area contributed by atoms with Crippen molar-refractivity contribution >= 4 is 34.2 Å². The molecule has 1 N–H and O–H groups in total. The minimum absolute atomic E-state index is 0.108. The molecule has 4 rings (SSSR count). The molecule has 152 valence electrons. The van der Waals surface area contributed by atoms with Gasteiger partial charge in [-0.05, 0) is 23.4 Å². The topological polar surface area (TPSA) is 69.7 Å². The van der Waals surface area contributed by atoms with Crippen LogP contribution in [0.15, 0.2) is 72.8 Å². The van der Waals surface area contributed by atoms with Gasteiger partial charge in [0.1, 0.15) is 6.54 Å². The summed E-state index contributed by atoms with van der Waals surface area (Å²) in [5.41, 5.74) is 1.85. The Morgan fingerprint density at radius 1 is 0.833 bits per heavy atom. The maximum atomic E-state index is 12.8. The van der Waals surface area contributed by atoms with E-state index in [1.165, 1.54) is 9.80 Å². The summed E-state index contributed by atoms with van der Waals surface area (Å²) >= 11 is 0. The lowest BCUT2D eigenvalue weighted by molar-refractivity contribution is -0.147. The van der Waals surface area contributed by atoms with Crippen molar-refractivity contribution in [2.24, 2.45) is 0 Å². The number of piperazine rings is 1. The SMILES string of the molecule is O=C(CN1CCN(c2cccc3ccccc23)C(=O)C1=O)NCCc1ccccc1. The van der Waals surface area contributed by atoms with Crippen molar-refractivity contribution in [1.82, 2.24) is 10.2 Å². The second-order valence-electron chi connectivity index (χ2n) is 7.27. The first-order valence-corrected chi connectivity index (χ1v) is 10.0. The number of nitrogens with zero attached hydrogens (tertiary/aromatic N) is 2. The Kier molecular flexibility index (Phi) is 5.75. The van der Waals surface area contributed by atoms with Gasteiger partial charge in [0.15, 0.2) is 0 Å². The fourth-order valence-electron chi connectivity index (χ4n) is 3.72. The summed E-state index contributed by atoms with van der Waals surface area (Å²) in [4.78, 5) is 40.5. The van der Waals surface area contributed by atoms with E-state index < -0.39 is 11.8 Å². The van der Waals surface area contributed by atoms with Crippen LogP contribution in [0.2, 0.25) is 0 Å². The molecule has 0 unspecified atom stereocenters. The van der Waals surface area contributed by atoms with Crippen molar-refractivity contribution < 1.29 is 14.4 Å². The molecule has 0 aromatic heterocycles. The van der Waals surface area contributed by atoms with Crippen LogP contribution in [0.5, 0.6) is 0 Å². The fourth-order valence-corrected chi connectivity index (χ4v) is 3.72. The highest BCUT2D eigenvalue weighted by Crippen LogP contribution is 2.28. The molecule has 6 heteroatoms. The van der Waals surface area contributed by atoms with Crippen molar-refractivity contribution in [3.8, 4) is 0 Å². The van der Waals surface area contributed by atoms with Gasteiger partial charge in [-0.15, -0.1) is 0 Å². The summed E-state index contributed by atoms with van der Waals surface area (Å²) < 4.78 is 0. The number of anilines is 1. The molecule has 3 aromatic carbocycles. The Bertz CT molecular complexity index is 1080. The third-order valence-electron chi connectivity index (χ3n) is 5.28.